The minimum atomic E-state index is -4.02. The van der Waals surface area contributed by atoms with Crippen molar-refractivity contribution in [3.63, 3.8) is 0 Å². The fourth-order valence-electron chi connectivity index (χ4n) is 4.17. The zero-order valence-corrected chi connectivity index (χ0v) is 19.5. The second kappa shape index (κ2) is 6.23. The molecule has 27 heavy (non-hydrogen) atoms. The summed E-state index contributed by atoms with van der Waals surface area (Å²) in [6.45, 7) is 3.20. The third-order valence-electron chi connectivity index (χ3n) is 5.44. The molecule has 4 rings (SSSR count). The second-order valence-electron chi connectivity index (χ2n) is 6.96. The highest BCUT2D eigenvalue weighted by Gasteiger charge is 2.56. The van der Waals surface area contributed by atoms with Gasteiger partial charge in [-0.2, -0.15) is 0 Å². The third kappa shape index (κ3) is 2.47. The van der Waals surface area contributed by atoms with E-state index in [1.165, 1.54) is 21.1 Å². The standard InChI is InChI=1S/C19H16BF3I2N2/c1-9-16(24)11(3)26-18(9)15(13-5-7-14(21)8-6-13)19-10(2)17(25)12(4)27(19)20(26,22)23/h5-8H,1-4H3. The van der Waals surface area contributed by atoms with Crippen molar-refractivity contribution in [2.75, 3.05) is 0 Å². The van der Waals surface area contributed by atoms with Gasteiger partial charge >= 0.3 is 6.97 Å². The first kappa shape index (κ1) is 19.3. The molecule has 0 spiro atoms. The van der Waals surface area contributed by atoms with Crippen LogP contribution >= 0.6 is 45.2 Å². The van der Waals surface area contributed by atoms with Crippen molar-refractivity contribution in [2.24, 2.45) is 0 Å². The van der Waals surface area contributed by atoms with Crippen LogP contribution in [0.2, 0.25) is 0 Å². The van der Waals surface area contributed by atoms with Crippen LogP contribution in [0.15, 0.2) is 39.1 Å². The Morgan fingerprint density at radius 1 is 1.00 bits per heavy atom. The van der Waals surface area contributed by atoms with Crippen molar-refractivity contribution < 1.29 is 17.5 Å². The molecule has 0 unspecified atom stereocenters. The summed E-state index contributed by atoms with van der Waals surface area (Å²) in [6, 6.07) is 6.08. The lowest BCUT2D eigenvalue weighted by Crippen LogP contribution is -2.51. The molecule has 2 aliphatic heterocycles. The molecule has 0 N–H and O–H groups in total. The average Bonchev–Trinajstić information content (AvgIpc) is 2.98. The number of hydrogen-bond donors (Lipinski definition) is 0. The Hall–Kier alpha value is -1.04. The van der Waals surface area contributed by atoms with E-state index >= 15 is 8.63 Å². The lowest BCUT2D eigenvalue weighted by atomic mass is 9.84. The van der Waals surface area contributed by atoms with Crippen LogP contribution in [-0.4, -0.2) is 21.6 Å². The summed E-state index contributed by atoms with van der Waals surface area (Å²) in [7, 11) is 0. The maximum atomic E-state index is 15.8. The molecule has 0 saturated carbocycles. The monoisotopic (exact) mass is 594 g/mol. The molecule has 0 atom stereocenters. The van der Waals surface area contributed by atoms with Crippen molar-refractivity contribution in [2.45, 2.75) is 27.7 Å². The van der Waals surface area contributed by atoms with E-state index in [9.17, 15) is 4.39 Å². The van der Waals surface area contributed by atoms with Gasteiger partial charge in [0, 0.05) is 21.8 Å². The van der Waals surface area contributed by atoms with Crippen molar-refractivity contribution in [3.05, 3.63) is 71.0 Å². The van der Waals surface area contributed by atoms with Gasteiger partial charge in [0.2, 0.25) is 0 Å². The van der Waals surface area contributed by atoms with Crippen molar-refractivity contribution >= 4 is 63.4 Å². The van der Waals surface area contributed by atoms with Gasteiger partial charge in [0.05, 0.1) is 9.15 Å². The predicted octanol–water partition coefficient (Wildman–Crippen LogP) is 6.04. The Kier molecular flexibility index (Phi) is 4.45. The van der Waals surface area contributed by atoms with Crippen LogP contribution in [0, 0.1) is 23.2 Å². The number of allylic oxidation sites excluding steroid dienone is 2. The number of rotatable bonds is 1. The van der Waals surface area contributed by atoms with Crippen LogP contribution in [0.3, 0.4) is 0 Å². The molecular formula is C19H16BF3I2N2. The number of hydrogen-bond acceptors (Lipinski definition) is 0. The summed E-state index contributed by atoms with van der Waals surface area (Å²) >= 11 is 4.27. The zero-order chi connectivity index (χ0) is 19.8. The minimum absolute atomic E-state index is 0.347. The quantitative estimate of drug-likeness (QED) is 0.281. The SMILES string of the molecule is CC1=C(I)C(C)=[N+]2C1=C(c1ccc(F)cc1)c1c(C)c(I)c(C)n1[B-]2(F)F. The van der Waals surface area contributed by atoms with E-state index in [0.717, 1.165) is 29.4 Å². The first-order valence-corrected chi connectivity index (χ1v) is 10.6. The molecule has 0 saturated heterocycles. The highest BCUT2D eigenvalue weighted by Crippen LogP contribution is 2.47. The molecule has 1 aromatic carbocycles. The number of halogens is 5. The van der Waals surface area contributed by atoms with Gasteiger partial charge in [-0.15, -0.1) is 0 Å². The fourth-order valence-corrected chi connectivity index (χ4v) is 5.20. The van der Waals surface area contributed by atoms with E-state index in [0.29, 0.717) is 22.8 Å². The van der Waals surface area contributed by atoms with E-state index in [1.54, 1.807) is 26.0 Å². The lowest BCUT2D eigenvalue weighted by molar-refractivity contribution is -0.363. The van der Waals surface area contributed by atoms with Crippen LogP contribution in [0.5, 0.6) is 0 Å². The molecule has 0 radical (unpaired) electrons. The van der Waals surface area contributed by atoms with Crippen molar-refractivity contribution in [1.29, 1.82) is 0 Å². The topological polar surface area (TPSA) is 7.94 Å². The Balaban J connectivity index is 2.22. The van der Waals surface area contributed by atoms with Gasteiger partial charge < -0.3 is 17.6 Å². The third-order valence-corrected chi connectivity index (χ3v) is 8.62. The zero-order valence-electron chi connectivity index (χ0n) is 15.2. The highest BCUT2D eigenvalue weighted by atomic mass is 127. The Bertz CT molecular complexity index is 1110. The summed E-state index contributed by atoms with van der Waals surface area (Å²) < 4.78 is 49.1. The van der Waals surface area contributed by atoms with Crippen molar-refractivity contribution in [1.82, 2.24) is 4.48 Å². The van der Waals surface area contributed by atoms with Gasteiger partial charge in [0.15, 0.2) is 5.70 Å². The number of fused-ring (bicyclic) bond motifs is 2. The summed E-state index contributed by atoms with van der Waals surface area (Å²) in [4.78, 5) is 0. The maximum Gasteiger partial charge on any atom is 0.737 e. The number of benzene rings is 1. The molecule has 8 heteroatoms. The van der Waals surface area contributed by atoms with Crippen LogP contribution in [0.1, 0.15) is 36.4 Å². The molecule has 3 heterocycles. The molecule has 0 fully saturated rings. The Morgan fingerprint density at radius 2 is 1.59 bits per heavy atom. The summed E-state index contributed by atoms with van der Waals surface area (Å²) in [5.74, 6) is -0.347. The predicted molar refractivity (Wildman–Crippen MR) is 120 cm³/mol. The van der Waals surface area contributed by atoms with E-state index in [4.69, 9.17) is 0 Å². The van der Waals surface area contributed by atoms with Gasteiger partial charge in [-0.1, -0.05) is 12.1 Å². The van der Waals surface area contributed by atoms with Crippen LogP contribution in [-0.2, 0) is 0 Å². The van der Waals surface area contributed by atoms with E-state index in [-0.39, 0.29) is 5.82 Å². The second-order valence-corrected chi connectivity index (χ2v) is 9.11. The van der Waals surface area contributed by atoms with Gasteiger partial charge in [0.1, 0.15) is 11.5 Å². The first-order valence-electron chi connectivity index (χ1n) is 8.49. The van der Waals surface area contributed by atoms with Gasteiger partial charge in [0.25, 0.3) is 0 Å². The normalized spacial score (nSPS) is 18.4. The lowest BCUT2D eigenvalue weighted by Gasteiger charge is -2.33. The van der Waals surface area contributed by atoms with E-state index in [2.05, 4.69) is 45.2 Å². The Labute approximate surface area is 183 Å². The van der Waals surface area contributed by atoms with Crippen LogP contribution in [0.4, 0.5) is 13.0 Å². The number of aromatic nitrogens is 1. The summed E-state index contributed by atoms with van der Waals surface area (Å²) in [6.07, 6.45) is 0. The van der Waals surface area contributed by atoms with Crippen LogP contribution < -0.4 is 0 Å². The minimum Gasteiger partial charge on any atom is -0.392 e. The molecule has 1 aromatic heterocycles. The van der Waals surface area contributed by atoms with Gasteiger partial charge in [-0.25, -0.2) is 4.39 Å². The molecule has 2 nitrogen and oxygen atoms in total. The highest BCUT2D eigenvalue weighted by molar-refractivity contribution is 14.1. The Morgan fingerprint density at radius 3 is 2.19 bits per heavy atom. The molecule has 2 aromatic rings. The molecule has 140 valence electrons. The van der Waals surface area contributed by atoms with E-state index < -0.39 is 6.97 Å². The first-order chi connectivity index (χ1) is 12.6. The summed E-state index contributed by atoms with van der Waals surface area (Å²) in [5.41, 5.74) is 5.28. The smallest absolute Gasteiger partial charge is 0.392 e. The van der Waals surface area contributed by atoms with Crippen LogP contribution in [0.25, 0.3) is 5.57 Å². The molecule has 0 amide bonds. The molecule has 0 aliphatic carbocycles. The van der Waals surface area contributed by atoms with Gasteiger partial charge in [-0.3, -0.25) is 0 Å². The molecule has 2 aliphatic rings. The largest absolute Gasteiger partial charge is 0.737 e. The summed E-state index contributed by atoms with van der Waals surface area (Å²) in [5, 5.41) is 0. The van der Waals surface area contributed by atoms with Gasteiger partial charge in [-0.05, 0) is 94.9 Å². The number of nitrogens with zero attached hydrogens (tertiary/aromatic N) is 2. The van der Waals surface area contributed by atoms with Crippen molar-refractivity contribution in [3.8, 4) is 0 Å². The maximum absolute atomic E-state index is 15.8. The molecule has 0 bridgehead atoms. The average molecular weight is 594 g/mol. The van der Waals surface area contributed by atoms with E-state index in [1.807, 2.05) is 13.8 Å². The fraction of sp³-hybridized carbons (Fsp3) is 0.211. The molecular weight excluding hydrogens is 578 g/mol.